The number of nitrogens with zero attached hydrogens (tertiary/aromatic N) is 1. The summed E-state index contributed by atoms with van der Waals surface area (Å²) in [4.78, 5) is 0. The summed E-state index contributed by atoms with van der Waals surface area (Å²) >= 11 is 8.59. The molecule has 0 aliphatic carbocycles. The van der Waals surface area contributed by atoms with Gasteiger partial charge in [-0.1, -0.05) is 106 Å². The van der Waals surface area contributed by atoms with E-state index in [1.165, 1.54) is 83.5 Å². The van der Waals surface area contributed by atoms with E-state index < -0.39 is 0 Å². The zero-order valence-electron chi connectivity index (χ0n) is 18.6. The average Bonchev–Trinajstić information content (AvgIpc) is 2.73. The first-order valence-electron chi connectivity index (χ1n) is 11.7. The number of nitrogens with one attached hydrogen (secondary N) is 2. The zero-order valence-corrected chi connectivity index (χ0v) is 21.0. The minimum Gasteiger partial charge on any atom is -0.507 e. The van der Waals surface area contributed by atoms with Crippen LogP contribution in [0.1, 0.15) is 102 Å². The van der Waals surface area contributed by atoms with Crippen molar-refractivity contribution in [1.82, 2.24) is 10.7 Å². The highest BCUT2D eigenvalue weighted by Gasteiger charge is 1.99. The molecule has 0 saturated heterocycles. The topological polar surface area (TPSA) is 56.7 Å². The van der Waals surface area contributed by atoms with Gasteiger partial charge in [0.2, 0.25) is 0 Å². The van der Waals surface area contributed by atoms with Crippen LogP contribution in [0.25, 0.3) is 0 Å². The second-order valence-electron chi connectivity index (χ2n) is 7.93. The van der Waals surface area contributed by atoms with Crippen molar-refractivity contribution >= 4 is 39.5 Å². The van der Waals surface area contributed by atoms with Crippen molar-refractivity contribution in [3.63, 3.8) is 0 Å². The Labute approximate surface area is 197 Å². The summed E-state index contributed by atoms with van der Waals surface area (Å²) in [7, 11) is 0. The third-order valence-electron chi connectivity index (χ3n) is 5.18. The smallest absolute Gasteiger partial charge is 0.186 e. The number of benzene rings is 1. The molecule has 0 unspecified atom stereocenters. The predicted molar refractivity (Wildman–Crippen MR) is 137 cm³/mol. The molecule has 0 heterocycles. The fourth-order valence-electron chi connectivity index (χ4n) is 3.35. The van der Waals surface area contributed by atoms with E-state index in [9.17, 15) is 5.11 Å². The highest BCUT2D eigenvalue weighted by molar-refractivity contribution is 9.10. The maximum absolute atomic E-state index is 9.76. The van der Waals surface area contributed by atoms with Crippen LogP contribution in [0.3, 0.4) is 0 Å². The molecule has 0 spiro atoms. The predicted octanol–water partition coefficient (Wildman–Crippen LogP) is 7.43. The number of halogens is 1. The fourth-order valence-corrected chi connectivity index (χ4v) is 3.88. The van der Waals surface area contributed by atoms with E-state index in [1.807, 2.05) is 0 Å². The van der Waals surface area contributed by atoms with Crippen LogP contribution in [0.4, 0.5) is 0 Å². The molecular weight excluding hydrogens is 458 g/mol. The van der Waals surface area contributed by atoms with Crippen LogP contribution in [-0.4, -0.2) is 23.0 Å². The molecule has 170 valence electrons. The Hall–Kier alpha value is -1.14. The first-order chi connectivity index (χ1) is 14.6. The van der Waals surface area contributed by atoms with E-state index >= 15 is 0 Å². The Morgan fingerprint density at radius 1 is 0.933 bits per heavy atom. The van der Waals surface area contributed by atoms with Crippen LogP contribution in [0.2, 0.25) is 0 Å². The molecule has 0 amide bonds. The number of unbranched alkanes of at least 4 members (excludes halogenated alkanes) is 13. The molecule has 0 aliphatic heterocycles. The third kappa shape index (κ3) is 14.8. The van der Waals surface area contributed by atoms with Gasteiger partial charge in [-0.05, 0) is 36.8 Å². The van der Waals surface area contributed by atoms with Crippen molar-refractivity contribution in [2.75, 3.05) is 6.54 Å². The van der Waals surface area contributed by atoms with Crippen molar-refractivity contribution in [2.24, 2.45) is 5.10 Å². The Balaban J connectivity index is 1.89. The monoisotopic (exact) mass is 497 g/mol. The van der Waals surface area contributed by atoms with Gasteiger partial charge in [0.25, 0.3) is 0 Å². The van der Waals surface area contributed by atoms with E-state index in [0.29, 0.717) is 10.7 Å². The van der Waals surface area contributed by atoms with Gasteiger partial charge in [-0.25, -0.2) is 0 Å². The van der Waals surface area contributed by atoms with Gasteiger partial charge < -0.3 is 10.4 Å². The van der Waals surface area contributed by atoms with E-state index in [1.54, 1.807) is 24.4 Å². The molecule has 30 heavy (non-hydrogen) atoms. The van der Waals surface area contributed by atoms with Gasteiger partial charge in [0.15, 0.2) is 5.11 Å². The fraction of sp³-hybridized carbons (Fsp3) is 0.667. The lowest BCUT2D eigenvalue weighted by atomic mass is 10.0. The molecule has 1 aromatic carbocycles. The number of rotatable bonds is 17. The lowest BCUT2D eigenvalue weighted by Crippen LogP contribution is -2.32. The quantitative estimate of drug-likeness (QED) is 0.0905. The SMILES string of the molecule is CCCCCCCCCCCCCCCCNC(=S)N/N=C\c1cc(Br)ccc1O. The summed E-state index contributed by atoms with van der Waals surface area (Å²) < 4.78 is 0.889. The van der Waals surface area contributed by atoms with Gasteiger partial charge in [-0.3, -0.25) is 5.43 Å². The van der Waals surface area contributed by atoms with Crippen molar-refractivity contribution in [1.29, 1.82) is 0 Å². The van der Waals surface area contributed by atoms with Gasteiger partial charge >= 0.3 is 0 Å². The Morgan fingerprint density at radius 2 is 1.47 bits per heavy atom. The zero-order chi connectivity index (χ0) is 21.9. The number of phenols is 1. The Kier molecular flexibility index (Phi) is 16.7. The van der Waals surface area contributed by atoms with Crippen molar-refractivity contribution in [3.05, 3.63) is 28.2 Å². The van der Waals surface area contributed by atoms with E-state index in [-0.39, 0.29) is 5.75 Å². The van der Waals surface area contributed by atoms with Gasteiger partial charge in [-0.15, -0.1) is 0 Å². The van der Waals surface area contributed by atoms with Crippen molar-refractivity contribution in [3.8, 4) is 5.75 Å². The van der Waals surface area contributed by atoms with Gasteiger partial charge in [-0.2, -0.15) is 5.10 Å². The van der Waals surface area contributed by atoms with Crippen LogP contribution in [0.5, 0.6) is 5.75 Å². The minimum atomic E-state index is 0.185. The minimum absolute atomic E-state index is 0.185. The van der Waals surface area contributed by atoms with Gasteiger partial charge in [0.1, 0.15) is 5.75 Å². The Morgan fingerprint density at radius 3 is 2.03 bits per heavy atom. The molecule has 1 rings (SSSR count). The first-order valence-corrected chi connectivity index (χ1v) is 12.9. The normalized spacial score (nSPS) is 11.1. The number of phenolic OH excluding ortho intramolecular Hbond substituents is 1. The second-order valence-corrected chi connectivity index (χ2v) is 9.25. The highest BCUT2D eigenvalue weighted by Crippen LogP contribution is 2.19. The number of hydrogen-bond acceptors (Lipinski definition) is 3. The van der Waals surface area contributed by atoms with E-state index in [2.05, 4.69) is 38.7 Å². The lowest BCUT2D eigenvalue weighted by molar-refractivity contribution is 0.474. The molecule has 3 N–H and O–H groups in total. The van der Waals surface area contributed by atoms with Crippen LogP contribution in [-0.2, 0) is 0 Å². The molecule has 0 aliphatic rings. The summed E-state index contributed by atoms with van der Waals surface area (Å²) in [6.07, 6.45) is 20.6. The number of hydrogen-bond donors (Lipinski definition) is 3. The largest absolute Gasteiger partial charge is 0.507 e. The number of thiocarbonyl (C=S) groups is 1. The number of aromatic hydroxyl groups is 1. The van der Waals surface area contributed by atoms with Gasteiger partial charge in [0.05, 0.1) is 6.21 Å². The van der Waals surface area contributed by atoms with Crippen molar-refractivity contribution in [2.45, 2.75) is 96.8 Å². The van der Waals surface area contributed by atoms with E-state index in [4.69, 9.17) is 12.2 Å². The molecule has 0 radical (unpaired) electrons. The summed E-state index contributed by atoms with van der Waals surface area (Å²) in [5.74, 6) is 0.185. The van der Waals surface area contributed by atoms with Gasteiger partial charge in [0, 0.05) is 16.6 Å². The lowest BCUT2D eigenvalue weighted by Gasteiger charge is -2.07. The van der Waals surface area contributed by atoms with Crippen LogP contribution >= 0.6 is 28.1 Å². The molecule has 0 atom stereocenters. The van der Waals surface area contributed by atoms with Crippen LogP contribution in [0.15, 0.2) is 27.8 Å². The standard InChI is InChI=1S/C24H40BrN3OS/c1-2-3-4-5-6-7-8-9-10-11-12-13-14-15-18-26-24(30)28-27-20-21-19-22(25)16-17-23(21)29/h16-17,19-20,29H,2-15,18H2,1H3,(H2,26,28,30)/b27-20-. The molecular formula is C24H40BrN3OS. The molecule has 1 aromatic rings. The summed E-state index contributed by atoms with van der Waals surface area (Å²) in [5.41, 5.74) is 3.42. The molecule has 0 aromatic heterocycles. The summed E-state index contributed by atoms with van der Waals surface area (Å²) in [5, 5.41) is 17.5. The summed E-state index contributed by atoms with van der Waals surface area (Å²) in [6.45, 7) is 3.14. The summed E-state index contributed by atoms with van der Waals surface area (Å²) in [6, 6.07) is 5.20. The average molecular weight is 499 g/mol. The maximum Gasteiger partial charge on any atom is 0.186 e. The Bertz CT molecular complexity index is 610. The van der Waals surface area contributed by atoms with Crippen LogP contribution in [0, 0.1) is 0 Å². The molecule has 0 saturated carbocycles. The van der Waals surface area contributed by atoms with Crippen LogP contribution < -0.4 is 10.7 Å². The van der Waals surface area contributed by atoms with E-state index in [0.717, 1.165) is 17.4 Å². The number of hydrazone groups is 1. The molecule has 0 fully saturated rings. The molecule has 0 bridgehead atoms. The maximum atomic E-state index is 9.76. The highest BCUT2D eigenvalue weighted by atomic mass is 79.9. The third-order valence-corrected chi connectivity index (χ3v) is 5.90. The molecule has 6 heteroatoms. The molecule has 4 nitrogen and oxygen atoms in total. The van der Waals surface area contributed by atoms with Crippen molar-refractivity contribution < 1.29 is 5.11 Å². The second kappa shape index (κ2) is 18.6. The first kappa shape index (κ1) is 26.9.